The van der Waals surface area contributed by atoms with Crippen LogP contribution in [0.4, 0.5) is 10.1 Å². The van der Waals surface area contributed by atoms with Gasteiger partial charge < -0.3 is 15.4 Å². The lowest BCUT2D eigenvalue weighted by atomic mass is 9.95. The number of halogens is 1. The van der Waals surface area contributed by atoms with Gasteiger partial charge in [0.05, 0.1) is 11.6 Å². The number of ether oxygens (including phenoxy) is 1. The first-order valence-corrected chi connectivity index (χ1v) is 8.25. The Hall–Kier alpha value is -2.40. The summed E-state index contributed by atoms with van der Waals surface area (Å²) < 4.78 is 20.3. The highest BCUT2D eigenvalue weighted by molar-refractivity contribution is 5.93. The van der Waals surface area contributed by atoms with Gasteiger partial charge in [-0.2, -0.15) is 0 Å². The molecule has 0 spiro atoms. The van der Waals surface area contributed by atoms with Crippen LogP contribution < -0.4 is 15.4 Å². The summed E-state index contributed by atoms with van der Waals surface area (Å²) in [6.45, 7) is 1.75. The molecule has 5 heteroatoms. The van der Waals surface area contributed by atoms with Gasteiger partial charge in [0.15, 0.2) is 0 Å². The summed E-state index contributed by atoms with van der Waals surface area (Å²) in [6, 6.07) is 11.2. The maximum atomic E-state index is 14.6. The fraction of sp³-hybridized carbons (Fsp3) is 0.316. The molecule has 4 rings (SSSR count). The molecule has 24 heavy (non-hydrogen) atoms. The first-order chi connectivity index (χ1) is 11.7. The van der Waals surface area contributed by atoms with Crippen LogP contribution in [0, 0.1) is 11.7 Å². The molecule has 2 aromatic rings. The minimum absolute atomic E-state index is 0.197. The zero-order valence-electron chi connectivity index (χ0n) is 13.3. The number of carbonyl (C=O) groups is 1. The minimum atomic E-state index is -0.308. The first kappa shape index (κ1) is 15.1. The predicted molar refractivity (Wildman–Crippen MR) is 89.6 cm³/mol. The minimum Gasteiger partial charge on any atom is -0.492 e. The van der Waals surface area contributed by atoms with Gasteiger partial charge in [-0.1, -0.05) is 24.3 Å². The number of amides is 1. The second-order valence-electron chi connectivity index (χ2n) is 6.30. The number of hydrogen-bond donors (Lipinski definition) is 2. The smallest absolute Gasteiger partial charge is 0.231 e. The summed E-state index contributed by atoms with van der Waals surface area (Å²) >= 11 is 0. The van der Waals surface area contributed by atoms with Crippen molar-refractivity contribution in [1.82, 2.24) is 5.32 Å². The van der Waals surface area contributed by atoms with E-state index in [-0.39, 0.29) is 23.3 Å². The predicted octanol–water partition coefficient (Wildman–Crippen LogP) is 2.66. The van der Waals surface area contributed by atoms with Gasteiger partial charge in [-0.25, -0.2) is 4.39 Å². The molecule has 2 aliphatic heterocycles. The Labute approximate surface area is 140 Å². The number of nitrogens with one attached hydrogen (secondary N) is 2. The summed E-state index contributed by atoms with van der Waals surface area (Å²) in [7, 11) is 0. The second-order valence-corrected chi connectivity index (χ2v) is 6.30. The van der Waals surface area contributed by atoms with E-state index in [1.165, 1.54) is 0 Å². The molecule has 124 valence electrons. The Morgan fingerprint density at radius 1 is 1.21 bits per heavy atom. The highest BCUT2D eigenvalue weighted by atomic mass is 19.1. The molecule has 2 N–H and O–H groups in total. The van der Waals surface area contributed by atoms with Gasteiger partial charge in [0, 0.05) is 6.54 Å². The summed E-state index contributed by atoms with van der Waals surface area (Å²) in [5, 5.41) is 5.97. The summed E-state index contributed by atoms with van der Waals surface area (Å²) in [5.74, 6) is 0.0165. The molecule has 0 fully saturated rings. The third-order valence-electron chi connectivity index (χ3n) is 4.72. The zero-order chi connectivity index (χ0) is 16.5. The van der Waals surface area contributed by atoms with Crippen molar-refractivity contribution in [3.8, 4) is 5.75 Å². The Kier molecular flexibility index (Phi) is 3.94. The van der Waals surface area contributed by atoms with E-state index in [0.29, 0.717) is 31.6 Å². The molecule has 2 aromatic carbocycles. The van der Waals surface area contributed by atoms with Gasteiger partial charge in [0.2, 0.25) is 5.91 Å². The fourth-order valence-electron chi connectivity index (χ4n) is 3.36. The number of benzene rings is 2. The van der Waals surface area contributed by atoms with E-state index in [0.717, 1.165) is 23.4 Å². The fourth-order valence-corrected chi connectivity index (χ4v) is 3.36. The van der Waals surface area contributed by atoms with Gasteiger partial charge in [-0.3, -0.25) is 4.79 Å². The summed E-state index contributed by atoms with van der Waals surface area (Å²) in [4.78, 5) is 12.5. The van der Waals surface area contributed by atoms with E-state index in [2.05, 4.69) is 10.6 Å². The maximum Gasteiger partial charge on any atom is 0.231 e. The van der Waals surface area contributed by atoms with Crippen LogP contribution in [0.1, 0.15) is 16.7 Å². The number of hydrogen-bond acceptors (Lipinski definition) is 3. The van der Waals surface area contributed by atoms with Crippen LogP contribution in [0.2, 0.25) is 0 Å². The monoisotopic (exact) mass is 326 g/mol. The van der Waals surface area contributed by atoms with Crippen molar-refractivity contribution in [1.29, 1.82) is 0 Å². The van der Waals surface area contributed by atoms with Crippen molar-refractivity contribution in [2.24, 2.45) is 5.92 Å². The highest BCUT2D eigenvalue weighted by Crippen LogP contribution is 2.29. The van der Waals surface area contributed by atoms with E-state index in [1.54, 1.807) is 6.07 Å². The van der Waals surface area contributed by atoms with Crippen LogP contribution in [0.3, 0.4) is 0 Å². The van der Waals surface area contributed by atoms with E-state index in [4.69, 9.17) is 4.74 Å². The average Bonchev–Trinajstić information content (AvgIpc) is 2.64. The van der Waals surface area contributed by atoms with Crippen LogP contribution in [-0.2, 0) is 24.2 Å². The topological polar surface area (TPSA) is 50.4 Å². The lowest BCUT2D eigenvalue weighted by Crippen LogP contribution is -2.33. The zero-order valence-corrected chi connectivity index (χ0v) is 13.3. The summed E-state index contributed by atoms with van der Waals surface area (Å²) in [5.41, 5.74) is 2.95. The van der Waals surface area contributed by atoms with Gasteiger partial charge in [-0.15, -0.1) is 0 Å². The quantitative estimate of drug-likeness (QED) is 0.892. The highest BCUT2D eigenvalue weighted by Gasteiger charge is 2.27. The van der Waals surface area contributed by atoms with Crippen molar-refractivity contribution >= 4 is 11.6 Å². The lowest BCUT2D eigenvalue weighted by Gasteiger charge is -2.25. The number of para-hydroxylation sites is 1. The molecule has 0 aliphatic carbocycles. The van der Waals surface area contributed by atoms with Crippen molar-refractivity contribution < 1.29 is 13.9 Å². The number of fused-ring (bicyclic) bond motifs is 2. The van der Waals surface area contributed by atoms with Crippen LogP contribution in [0.15, 0.2) is 36.4 Å². The third-order valence-corrected chi connectivity index (χ3v) is 4.72. The molecule has 0 saturated carbocycles. The molecule has 4 nitrogen and oxygen atoms in total. The van der Waals surface area contributed by atoms with Crippen LogP contribution in [0.25, 0.3) is 0 Å². The molecule has 0 saturated heterocycles. The lowest BCUT2D eigenvalue weighted by molar-refractivity contribution is -0.121. The van der Waals surface area contributed by atoms with Crippen molar-refractivity contribution in [3.63, 3.8) is 0 Å². The molecule has 1 amide bonds. The Morgan fingerprint density at radius 2 is 2.08 bits per heavy atom. The SMILES string of the molecule is O=C(Nc1ccc2c(c1F)CCNC2)C1COc2ccccc2C1. The Balaban J connectivity index is 1.51. The third kappa shape index (κ3) is 2.76. The van der Waals surface area contributed by atoms with Crippen molar-refractivity contribution in [2.45, 2.75) is 19.4 Å². The number of rotatable bonds is 2. The van der Waals surface area contributed by atoms with Crippen LogP contribution >= 0.6 is 0 Å². The summed E-state index contributed by atoms with van der Waals surface area (Å²) in [6.07, 6.45) is 1.25. The van der Waals surface area contributed by atoms with E-state index in [9.17, 15) is 9.18 Å². The van der Waals surface area contributed by atoms with Crippen molar-refractivity contribution in [3.05, 3.63) is 58.9 Å². The van der Waals surface area contributed by atoms with Crippen molar-refractivity contribution in [2.75, 3.05) is 18.5 Å². The number of carbonyl (C=O) groups excluding carboxylic acids is 1. The van der Waals surface area contributed by atoms with E-state index < -0.39 is 0 Å². The van der Waals surface area contributed by atoms with Gasteiger partial charge in [0.1, 0.15) is 18.2 Å². The largest absolute Gasteiger partial charge is 0.492 e. The maximum absolute atomic E-state index is 14.6. The molecule has 2 aliphatic rings. The molecular weight excluding hydrogens is 307 g/mol. The van der Waals surface area contributed by atoms with Crippen LogP contribution in [-0.4, -0.2) is 19.1 Å². The standard InChI is InChI=1S/C19H19FN2O2/c20-18-15-7-8-21-10-13(15)5-6-16(18)22-19(23)14-9-12-3-1-2-4-17(12)24-11-14/h1-6,14,21H,7-11H2,(H,22,23). The molecule has 0 bridgehead atoms. The first-order valence-electron chi connectivity index (χ1n) is 8.25. The van der Waals surface area contributed by atoms with E-state index >= 15 is 0 Å². The second kappa shape index (κ2) is 6.24. The Morgan fingerprint density at radius 3 is 3.00 bits per heavy atom. The van der Waals surface area contributed by atoms with E-state index in [1.807, 2.05) is 30.3 Å². The molecule has 0 aromatic heterocycles. The Bertz CT molecular complexity index is 791. The van der Waals surface area contributed by atoms with Gasteiger partial charge >= 0.3 is 0 Å². The molecule has 0 radical (unpaired) electrons. The molecular formula is C19H19FN2O2. The van der Waals surface area contributed by atoms with Gasteiger partial charge in [-0.05, 0) is 48.2 Å². The molecule has 1 atom stereocenters. The van der Waals surface area contributed by atoms with Crippen LogP contribution in [0.5, 0.6) is 5.75 Å². The van der Waals surface area contributed by atoms with Gasteiger partial charge in [0.25, 0.3) is 0 Å². The molecule has 1 unspecified atom stereocenters. The number of anilines is 1. The average molecular weight is 326 g/mol. The molecule has 2 heterocycles. The normalized spacial score (nSPS) is 19.0.